The van der Waals surface area contributed by atoms with E-state index in [1.54, 1.807) is 4.90 Å². The van der Waals surface area contributed by atoms with Gasteiger partial charge in [-0.25, -0.2) is 4.79 Å². The number of ether oxygens (including phenoxy) is 1. The van der Waals surface area contributed by atoms with Crippen molar-refractivity contribution in [3.8, 4) is 0 Å². The van der Waals surface area contributed by atoms with Gasteiger partial charge in [-0.1, -0.05) is 0 Å². The van der Waals surface area contributed by atoms with Crippen LogP contribution < -0.4 is 0 Å². The number of hydrogen-bond donors (Lipinski definition) is 1. The molecule has 1 amide bonds. The van der Waals surface area contributed by atoms with Crippen LogP contribution in [0.4, 0.5) is 0 Å². The standard InChI is InChI=1S/C11H19NO4/c1-8-5-3-4-6-12(8)10(13)7-16-9(2)11(14)15/h8-9H,3-7H2,1-2H3,(H,14,15). The fraction of sp³-hybridized carbons (Fsp3) is 0.818. The molecule has 0 spiro atoms. The second-order valence-corrected chi connectivity index (χ2v) is 4.22. The molecule has 0 radical (unpaired) electrons. The number of nitrogens with zero attached hydrogens (tertiary/aromatic N) is 1. The number of rotatable bonds is 4. The summed E-state index contributed by atoms with van der Waals surface area (Å²) in [5, 5.41) is 8.61. The van der Waals surface area contributed by atoms with Crippen LogP contribution in [-0.2, 0) is 14.3 Å². The summed E-state index contributed by atoms with van der Waals surface area (Å²) >= 11 is 0. The largest absolute Gasteiger partial charge is 0.479 e. The molecule has 0 aromatic rings. The van der Waals surface area contributed by atoms with E-state index < -0.39 is 12.1 Å². The molecule has 5 heteroatoms. The molecule has 1 heterocycles. The zero-order chi connectivity index (χ0) is 12.1. The first-order valence-corrected chi connectivity index (χ1v) is 5.66. The molecule has 2 atom stereocenters. The van der Waals surface area contributed by atoms with Crippen molar-refractivity contribution in [1.29, 1.82) is 0 Å². The number of carboxylic acid groups (broad SMARTS) is 1. The van der Waals surface area contributed by atoms with Crippen LogP contribution in [0.1, 0.15) is 33.1 Å². The van der Waals surface area contributed by atoms with Gasteiger partial charge in [-0.2, -0.15) is 0 Å². The van der Waals surface area contributed by atoms with Gasteiger partial charge in [0.1, 0.15) is 6.61 Å². The number of aliphatic carboxylic acids is 1. The van der Waals surface area contributed by atoms with Gasteiger partial charge in [0.2, 0.25) is 5.91 Å². The van der Waals surface area contributed by atoms with Gasteiger partial charge in [0.25, 0.3) is 0 Å². The molecule has 1 N–H and O–H groups in total. The molecule has 0 aromatic carbocycles. The quantitative estimate of drug-likeness (QED) is 0.777. The molecule has 1 rings (SSSR count). The summed E-state index contributed by atoms with van der Waals surface area (Å²) in [5.41, 5.74) is 0. The van der Waals surface area contributed by atoms with E-state index in [1.165, 1.54) is 6.92 Å². The van der Waals surface area contributed by atoms with E-state index in [1.807, 2.05) is 6.92 Å². The van der Waals surface area contributed by atoms with E-state index in [0.29, 0.717) is 0 Å². The molecule has 92 valence electrons. The number of hydrogen-bond acceptors (Lipinski definition) is 3. The maximum absolute atomic E-state index is 11.7. The molecule has 16 heavy (non-hydrogen) atoms. The Bertz CT molecular complexity index is 267. The van der Waals surface area contributed by atoms with Gasteiger partial charge in [-0.05, 0) is 33.1 Å². The Labute approximate surface area is 95.4 Å². The van der Waals surface area contributed by atoms with E-state index in [4.69, 9.17) is 9.84 Å². The fourth-order valence-corrected chi connectivity index (χ4v) is 1.82. The minimum Gasteiger partial charge on any atom is -0.479 e. The molecular formula is C11H19NO4. The third-order valence-corrected chi connectivity index (χ3v) is 2.93. The van der Waals surface area contributed by atoms with Crippen molar-refractivity contribution in [1.82, 2.24) is 4.90 Å². The topological polar surface area (TPSA) is 66.8 Å². The van der Waals surface area contributed by atoms with Gasteiger partial charge in [-0.15, -0.1) is 0 Å². The Balaban J connectivity index is 2.36. The van der Waals surface area contributed by atoms with Crippen molar-refractivity contribution in [2.75, 3.05) is 13.2 Å². The summed E-state index contributed by atoms with van der Waals surface area (Å²) in [6.07, 6.45) is 2.26. The average molecular weight is 229 g/mol. The van der Waals surface area contributed by atoms with E-state index in [0.717, 1.165) is 25.8 Å². The van der Waals surface area contributed by atoms with Crippen molar-refractivity contribution in [3.63, 3.8) is 0 Å². The van der Waals surface area contributed by atoms with Crippen LogP contribution >= 0.6 is 0 Å². The highest BCUT2D eigenvalue weighted by Crippen LogP contribution is 2.16. The predicted molar refractivity (Wildman–Crippen MR) is 58.1 cm³/mol. The highest BCUT2D eigenvalue weighted by Gasteiger charge is 2.24. The molecule has 1 fully saturated rings. The summed E-state index contributed by atoms with van der Waals surface area (Å²) in [7, 11) is 0. The van der Waals surface area contributed by atoms with E-state index in [-0.39, 0.29) is 18.6 Å². The van der Waals surface area contributed by atoms with Gasteiger partial charge in [0.15, 0.2) is 6.10 Å². The van der Waals surface area contributed by atoms with Gasteiger partial charge in [-0.3, -0.25) is 4.79 Å². The number of carbonyl (C=O) groups is 2. The minimum absolute atomic E-state index is 0.111. The number of carboxylic acids is 1. The lowest BCUT2D eigenvalue weighted by molar-refractivity contribution is -0.153. The molecule has 2 unspecified atom stereocenters. The Hall–Kier alpha value is -1.10. The molecule has 1 aliphatic heterocycles. The Morgan fingerprint density at radius 3 is 2.75 bits per heavy atom. The fourth-order valence-electron chi connectivity index (χ4n) is 1.82. The zero-order valence-electron chi connectivity index (χ0n) is 9.81. The second-order valence-electron chi connectivity index (χ2n) is 4.22. The summed E-state index contributed by atoms with van der Waals surface area (Å²) in [5.74, 6) is -1.15. The van der Waals surface area contributed by atoms with Crippen LogP contribution in [0.25, 0.3) is 0 Å². The number of likely N-dealkylation sites (tertiary alicyclic amines) is 1. The molecule has 1 saturated heterocycles. The van der Waals surface area contributed by atoms with Crippen LogP contribution in [-0.4, -0.2) is 47.2 Å². The van der Waals surface area contributed by atoms with Gasteiger partial charge in [0, 0.05) is 12.6 Å². The Kier molecular flexibility index (Phi) is 4.73. The van der Waals surface area contributed by atoms with E-state index in [9.17, 15) is 9.59 Å². The summed E-state index contributed by atoms with van der Waals surface area (Å²) in [6, 6.07) is 0.241. The molecule has 0 aliphatic carbocycles. The van der Waals surface area contributed by atoms with Crippen LogP contribution in [0.5, 0.6) is 0 Å². The second kappa shape index (κ2) is 5.84. The highest BCUT2D eigenvalue weighted by molar-refractivity contribution is 5.78. The third-order valence-electron chi connectivity index (χ3n) is 2.93. The minimum atomic E-state index is -1.04. The summed E-state index contributed by atoms with van der Waals surface area (Å²) in [4.78, 5) is 24.0. The number of amides is 1. The van der Waals surface area contributed by atoms with E-state index in [2.05, 4.69) is 0 Å². The number of piperidine rings is 1. The average Bonchev–Trinajstić information content (AvgIpc) is 2.25. The van der Waals surface area contributed by atoms with Crippen molar-refractivity contribution >= 4 is 11.9 Å². The predicted octanol–water partition coefficient (Wildman–Crippen LogP) is 0.877. The first-order valence-electron chi connectivity index (χ1n) is 5.66. The molecule has 0 bridgehead atoms. The molecule has 1 aliphatic rings. The van der Waals surface area contributed by atoms with Crippen molar-refractivity contribution in [3.05, 3.63) is 0 Å². The van der Waals surface area contributed by atoms with Gasteiger partial charge < -0.3 is 14.7 Å². The molecular weight excluding hydrogens is 210 g/mol. The summed E-state index contributed by atoms with van der Waals surface area (Å²) in [6.45, 7) is 4.05. The van der Waals surface area contributed by atoms with Crippen LogP contribution in [0, 0.1) is 0 Å². The molecule has 0 aromatic heterocycles. The normalized spacial score (nSPS) is 22.9. The van der Waals surface area contributed by atoms with E-state index >= 15 is 0 Å². The first-order chi connectivity index (χ1) is 7.52. The van der Waals surface area contributed by atoms with Crippen LogP contribution in [0.15, 0.2) is 0 Å². The van der Waals surface area contributed by atoms with Crippen molar-refractivity contribution in [2.24, 2.45) is 0 Å². The first kappa shape index (κ1) is 13.0. The smallest absolute Gasteiger partial charge is 0.332 e. The Morgan fingerprint density at radius 2 is 2.19 bits per heavy atom. The maximum Gasteiger partial charge on any atom is 0.332 e. The van der Waals surface area contributed by atoms with Crippen molar-refractivity contribution < 1.29 is 19.4 Å². The lowest BCUT2D eigenvalue weighted by Crippen LogP contribution is -2.44. The third kappa shape index (κ3) is 3.48. The van der Waals surface area contributed by atoms with Crippen LogP contribution in [0.3, 0.4) is 0 Å². The van der Waals surface area contributed by atoms with Crippen molar-refractivity contribution in [2.45, 2.75) is 45.3 Å². The van der Waals surface area contributed by atoms with Gasteiger partial charge >= 0.3 is 5.97 Å². The Morgan fingerprint density at radius 1 is 1.50 bits per heavy atom. The monoisotopic (exact) mass is 229 g/mol. The summed E-state index contributed by atoms with van der Waals surface area (Å²) < 4.78 is 4.98. The van der Waals surface area contributed by atoms with Crippen LogP contribution in [0.2, 0.25) is 0 Å². The zero-order valence-corrected chi connectivity index (χ0v) is 9.81. The SMILES string of the molecule is CC(OCC(=O)N1CCCCC1C)C(=O)O. The maximum atomic E-state index is 11.7. The number of carbonyl (C=O) groups excluding carboxylic acids is 1. The molecule has 5 nitrogen and oxygen atoms in total. The highest BCUT2D eigenvalue weighted by atomic mass is 16.5. The lowest BCUT2D eigenvalue weighted by Gasteiger charge is -2.33. The lowest BCUT2D eigenvalue weighted by atomic mass is 10.0. The molecule has 0 saturated carbocycles. The van der Waals surface area contributed by atoms with Gasteiger partial charge in [0.05, 0.1) is 0 Å².